The fraction of sp³-hybridized carbons (Fsp3) is 0.280. The first-order chi connectivity index (χ1) is 16.0. The first-order valence-corrected chi connectivity index (χ1v) is 12.7. The highest BCUT2D eigenvalue weighted by atomic mass is 32.2. The van der Waals surface area contributed by atoms with Gasteiger partial charge in [0.05, 0.1) is 21.7 Å². The Morgan fingerprint density at radius 2 is 1.79 bits per heavy atom. The van der Waals surface area contributed by atoms with Crippen molar-refractivity contribution >= 4 is 20.9 Å². The summed E-state index contributed by atoms with van der Waals surface area (Å²) >= 11 is 0. The van der Waals surface area contributed by atoms with Crippen LogP contribution in [0.25, 0.3) is 10.9 Å². The molecule has 8 heteroatoms. The predicted octanol–water partition coefficient (Wildman–Crippen LogP) is 3.40. The third kappa shape index (κ3) is 3.59. The van der Waals surface area contributed by atoms with Crippen LogP contribution in [0.4, 0.5) is 0 Å². The number of aromatic nitrogens is 3. The van der Waals surface area contributed by atoms with Crippen molar-refractivity contribution in [1.29, 1.82) is 0 Å². The molecule has 2 aromatic carbocycles. The Hall–Kier alpha value is -3.23. The first kappa shape index (κ1) is 20.4. The van der Waals surface area contributed by atoms with Gasteiger partial charge in [-0.05, 0) is 36.6 Å². The number of aromatic amines is 1. The minimum atomic E-state index is -3.71. The van der Waals surface area contributed by atoms with E-state index < -0.39 is 10.0 Å². The van der Waals surface area contributed by atoms with E-state index in [2.05, 4.69) is 9.88 Å². The molecule has 1 aliphatic carbocycles. The molecule has 7 nitrogen and oxygen atoms in total. The Morgan fingerprint density at radius 1 is 1.03 bits per heavy atom. The average molecular weight is 461 g/mol. The molecule has 6 rings (SSSR count). The SMILES string of the molecule is O=c1[nH]c(C2CC2)nc2c1CN(Cc1cn(S(=O)(=O)c3ccccc3)c3ccccc13)CC2. The smallest absolute Gasteiger partial charge is 0.268 e. The van der Waals surface area contributed by atoms with Gasteiger partial charge in [-0.25, -0.2) is 17.4 Å². The van der Waals surface area contributed by atoms with Gasteiger partial charge in [0, 0.05) is 43.6 Å². The van der Waals surface area contributed by atoms with Crippen LogP contribution in [0.2, 0.25) is 0 Å². The van der Waals surface area contributed by atoms with Gasteiger partial charge in [0.15, 0.2) is 0 Å². The number of H-pyrrole nitrogens is 1. The molecule has 0 unspecified atom stereocenters. The molecular weight excluding hydrogens is 436 g/mol. The van der Waals surface area contributed by atoms with Crippen LogP contribution in [0, 0.1) is 0 Å². The summed E-state index contributed by atoms with van der Waals surface area (Å²) in [4.78, 5) is 22.9. The highest BCUT2D eigenvalue weighted by molar-refractivity contribution is 7.90. The van der Waals surface area contributed by atoms with E-state index in [1.807, 2.05) is 24.3 Å². The number of rotatable bonds is 5. The molecule has 1 fully saturated rings. The van der Waals surface area contributed by atoms with E-state index in [9.17, 15) is 13.2 Å². The zero-order valence-electron chi connectivity index (χ0n) is 18.1. The van der Waals surface area contributed by atoms with Crippen LogP contribution < -0.4 is 5.56 Å². The lowest BCUT2D eigenvalue weighted by Gasteiger charge is -2.27. The third-order valence-electron chi connectivity index (χ3n) is 6.58. The van der Waals surface area contributed by atoms with Crippen LogP contribution in [-0.4, -0.2) is 33.8 Å². The summed E-state index contributed by atoms with van der Waals surface area (Å²) in [6.07, 6.45) is 4.65. The Labute approximate surface area is 191 Å². The van der Waals surface area contributed by atoms with Crippen molar-refractivity contribution in [3.63, 3.8) is 0 Å². The Balaban J connectivity index is 1.34. The Kier molecular flexibility index (Phi) is 4.74. The monoisotopic (exact) mass is 460 g/mol. The summed E-state index contributed by atoms with van der Waals surface area (Å²) < 4.78 is 28.1. The number of nitrogens with one attached hydrogen (secondary N) is 1. The maximum atomic E-state index is 13.3. The van der Waals surface area contributed by atoms with Crippen molar-refractivity contribution in [1.82, 2.24) is 18.8 Å². The molecule has 0 saturated heterocycles. The van der Waals surface area contributed by atoms with Crippen LogP contribution in [0.1, 0.15) is 41.4 Å². The van der Waals surface area contributed by atoms with Gasteiger partial charge < -0.3 is 4.98 Å². The highest BCUT2D eigenvalue weighted by Crippen LogP contribution is 2.38. The molecule has 0 spiro atoms. The van der Waals surface area contributed by atoms with Gasteiger partial charge in [0.2, 0.25) is 0 Å². The van der Waals surface area contributed by atoms with Crippen molar-refractivity contribution < 1.29 is 8.42 Å². The number of benzene rings is 2. The van der Waals surface area contributed by atoms with E-state index in [0.29, 0.717) is 24.5 Å². The number of nitrogens with zero attached hydrogens (tertiary/aromatic N) is 3. The molecule has 4 aromatic rings. The molecule has 1 aliphatic heterocycles. The Bertz CT molecular complexity index is 1520. The van der Waals surface area contributed by atoms with E-state index in [1.165, 1.54) is 3.97 Å². The molecular formula is C25H24N4O3S. The number of hydrogen-bond acceptors (Lipinski definition) is 5. The summed E-state index contributed by atoms with van der Waals surface area (Å²) in [5, 5.41) is 0.902. The standard InChI is InChI=1S/C25H24N4O3S/c30-25-21-16-28(13-12-22(21)26-24(27-25)17-10-11-17)14-18-15-29(23-9-5-4-8-20(18)23)33(31,32)19-6-2-1-3-7-19/h1-9,15,17H,10-14,16H2,(H,26,27,30). The molecule has 0 radical (unpaired) electrons. The number of para-hydroxylation sites is 1. The number of fused-ring (bicyclic) bond motifs is 2. The summed E-state index contributed by atoms with van der Waals surface area (Å²) in [5.41, 5.74) is 3.17. The van der Waals surface area contributed by atoms with Crippen molar-refractivity contribution in [2.24, 2.45) is 0 Å². The van der Waals surface area contributed by atoms with Crippen molar-refractivity contribution in [2.75, 3.05) is 6.54 Å². The third-order valence-corrected chi connectivity index (χ3v) is 8.27. The zero-order chi connectivity index (χ0) is 22.6. The molecule has 3 heterocycles. The lowest BCUT2D eigenvalue weighted by molar-refractivity contribution is 0.242. The first-order valence-electron chi connectivity index (χ1n) is 11.2. The molecule has 0 amide bonds. The van der Waals surface area contributed by atoms with Crippen LogP contribution in [0.15, 0.2) is 70.5 Å². The Morgan fingerprint density at radius 3 is 2.58 bits per heavy atom. The van der Waals surface area contributed by atoms with Crippen LogP contribution in [0.3, 0.4) is 0 Å². The fourth-order valence-electron chi connectivity index (χ4n) is 4.68. The van der Waals surface area contributed by atoms with Gasteiger partial charge in [-0.3, -0.25) is 9.69 Å². The zero-order valence-corrected chi connectivity index (χ0v) is 18.9. The highest BCUT2D eigenvalue weighted by Gasteiger charge is 2.29. The topological polar surface area (TPSA) is 88.1 Å². The van der Waals surface area contributed by atoms with E-state index in [0.717, 1.165) is 53.8 Å². The largest absolute Gasteiger partial charge is 0.310 e. The average Bonchev–Trinajstić information content (AvgIpc) is 3.62. The molecule has 2 aromatic heterocycles. The lowest BCUT2D eigenvalue weighted by Crippen LogP contribution is -2.35. The fourth-order valence-corrected chi connectivity index (χ4v) is 6.09. The summed E-state index contributed by atoms with van der Waals surface area (Å²) in [5.74, 6) is 1.25. The van der Waals surface area contributed by atoms with Gasteiger partial charge in [-0.1, -0.05) is 36.4 Å². The number of hydrogen-bond donors (Lipinski definition) is 1. The maximum Gasteiger partial charge on any atom is 0.268 e. The van der Waals surface area contributed by atoms with Crippen LogP contribution in [-0.2, 0) is 29.5 Å². The predicted molar refractivity (Wildman–Crippen MR) is 126 cm³/mol. The quantitative estimate of drug-likeness (QED) is 0.493. The molecule has 168 valence electrons. The summed E-state index contributed by atoms with van der Waals surface area (Å²) in [7, 11) is -3.71. The van der Waals surface area contributed by atoms with Crippen LogP contribution >= 0.6 is 0 Å². The second kappa shape index (κ2) is 7.67. The summed E-state index contributed by atoms with van der Waals surface area (Å²) in [6.45, 7) is 1.84. The van der Waals surface area contributed by atoms with Gasteiger partial charge in [0.25, 0.3) is 15.6 Å². The van der Waals surface area contributed by atoms with Crippen LogP contribution in [0.5, 0.6) is 0 Å². The lowest BCUT2D eigenvalue weighted by atomic mass is 10.1. The molecule has 2 aliphatic rings. The minimum Gasteiger partial charge on any atom is -0.310 e. The summed E-state index contributed by atoms with van der Waals surface area (Å²) in [6, 6.07) is 16.0. The molecule has 0 atom stereocenters. The molecule has 33 heavy (non-hydrogen) atoms. The molecule has 0 bridgehead atoms. The maximum absolute atomic E-state index is 13.3. The van der Waals surface area contributed by atoms with Gasteiger partial charge in [-0.15, -0.1) is 0 Å². The minimum absolute atomic E-state index is 0.0410. The van der Waals surface area contributed by atoms with Crippen molar-refractivity contribution in [3.8, 4) is 0 Å². The van der Waals surface area contributed by atoms with E-state index in [4.69, 9.17) is 4.98 Å². The second-order valence-electron chi connectivity index (χ2n) is 8.90. The van der Waals surface area contributed by atoms with Crippen molar-refractivity contribution in [3.05, 3.63) is 93.8 Å². The van der Waals surface area contributed by atoms with Gasteiger partial charge in [-0.2, -0.15) is 0 Å². The van der Waals surface area contributed by atoms with E-state index >= 15 is 0 Å². The van der Waals surface area contributed by atoms with E-state index in [1.54, 1.807) is 36.5 Å². The molecule has 1 N–H and O–H groups in total. The second-order valence-corrected chi connectivity index (χ2v) is 10.7. The van der Waals surface area contributed by atoms with Gasteiger partial charge in [0.1, 0.15) is 5.82 Å². The molecule has 1 saturated carbocycles. The van der Waals surface area contributed by atoms with Gasteiger partial charge >= 0.3 is 0 Å². The van der Waals surface area contributed by atoms with Crippen molar-refractivity contribution in [2.45, 2.75) is 43.2 Å². The normalized spacial score (nSPS) is 16.7. The van der Waals surface area contributed by atoms with E-state index in [-0.39, 0.29) is 10.5 Å².